The number of carbonyl (C=O) groups is 3. The molecular weight excluding hydrogens is 448 g/mol. The van der Waals surface area contributed by atoms with Crippen molar-refractivity contribution < 1.29 is 19.3 Å². The number of halogens is 1. The van der Waals surface area contributed by atoms with E-state index in [1.807, 2.05) is 4.90 Å². The lowest BCUT2D eigenvalue weighted by molar-refractivity contribution is -0.385. The van der Waals surface area contributed by atoms with Crippen molar-refractivity contribution in [2.75, 3.05) is 16.8 Å². The summed E-state index contributed by atoms with van der Waals surface area (Å²) in [6.45, 7) is 2.12. The van der Waals surface area contributed by atoms with Crippen molar-refractivity contribution in [3.8, 4) is 0 Å². The Morgan fingerprint density at radius 2 is 1.91 bits per heavy atom. The Morgan fingerprint density at radius 3 is 2.67 bits per heavy atom. The first-order chi connectivity index (χ1) is 15.8. The van der Waals surface area contributed by atoms with E-state index in [9.17, 15) is 24.5 Å². The van der Waals surface area contributed by atoms with E-state index in [2.05, 4.69) is 5.32 Å². The predicted octanol–water partition coefficient (Wildman–Crippen LogP) is 2.99. The van der Waals surface area contributed by atoms with Gasteiger partial charge in [0, 0.05) is 17.7 Å². The molecule has 3 fully saturated rings. The average Bonchev–Trinajstić information content (AvgIpc) is 3.48. The minimum Gasteiger partial charge on any atom is -0.323 e. The van der Waals surface area contributed by atoms with Gasteiger partial charge in [-0.1, -0.05) is 29.8 Å². The van der Waals surface area contributed by atoms with Crippen LogP contribution in [0.3, 0.4) is 0 Å². The third-order valence-electron chi connectivity index (χ3n) is 7.69. The summed E-state index contributed by atoms with van der Waals surface area (Å²) in [7, 11) is 0. The number of nitro groups is 1. The van der Waals surface area contributed by atoms with Crippen LogP contribution in [-0.4, -0.2) is 40.1 Å². The normalized spacial score (nSPS) is 30.1. The Labute approximate surface area is 193 Å². The zero-order chi connectivity index (χ0) is 23.2. The van der Waals surface area contributed by atoms with Gasteiger partial charge in [0.2, 0.25) is 11.8 Å². The van der Waals surface area contributed by atoms with Gasteiger partial charge in [0.05, 0.1) is 38.7 Å². The molecule has 4 aliphatic heterocycles. The summed E-state index contributed by atoms with van der Waals surface area (Å²) in [5, 5.41) is 14.7. The standard InChI is InChI=1S/C23H19ClN4O5/c1-11-14(7-3-8-15(11)28(32)33)27-20(29)17-16-9-4-10-26(16)23(18(17)21(27)30)12-5-2-6-13(24)19(12)25-22(23)31/h2-3,5-8,16-18H,4,9-10H2,1H3,(H,25,31). The number of hydrogen-bond donors (Lipinski definition) is 1. The number of nitro benzene ring substituents is 1. The molecule has 168 valence electrons. The van der Waals surface area contributed by atoms with Crippen molar-refractivity contribution in [2.45, 2.75) is 31.3 Å². The molecule has 0 bridgehead atoms. The first-order valence-corrected chi connectivity index (χ1v) is 11.2. The lowest BCUT2D eigenvalue weighted by Gasteiger charge is -2.36. The molecule has 0 radical (unpaired) electrons. The van der Waals surface area contributed by atoms with Gasteiger partial charge in [0.25, 0.3) is 11.6 Å². The maximum atomic E-state index is 14.0. The molecule has 4 unspecified atom stereocenters. The lowest BCUT2D eigenvalue weighted by atomic mass is 9.75. The maximum absolute atomic E-state index is 14.0. The lowest BCUT2D eigenvalue weighted by Crippen LogP contribution is -2.54. The summed E-state index contributed by atoms with van der Waals surface area (Å²) in [6, 6.07) is 9.27. The van der Waals surface area contributed by atoms with Gasteiger partial charge in [-0.05, 0) is 38.4 Å². The second-order valence-corrected chi connectivity index (χ2v) is 9.39. The molecular formula is C23H19ClN4O5. The number of fused-ring (bicyclic) bond motifs is 7. The van der Waals surface area contributed by atoms with Crippen molar-refractivity contribution in [3.63, 3.8) is 0 Å². The number of imide groups is 1. The molecule has 4 heterocycles. The third-order valence-corrected chi connectivity index (χ3v) is 8.01. The number of anilines is 2. The summed E-state index contributed by atoms with van der Waals surface area (Å²) >= 11 is 6.38. The summed E-state index contributed by atoms with van der Waals surface area (Å²) in [6.07, 6.45) is 1.49. The van der Waals surface area contributed by atoms with Crippen LogP contribution in [0.1, 0.15) is 24.0 Å². The predicted molar refractivity (Wildman–Crippen MR) is 119 cm³/mol. The van der Waals surface area contributed by atoms with E-state index >= 15 is 0 Å². The van der Waals surface area contributed by atoms with Crippen molar-refractivity contribution in [2.24, 2.45) is 11.8 Å². The smallest absolute Gasteiger partial charge is 0.274 e. The number of carbonyl (C=O) groups excluding carboxylic acids is 3. The number of hydrogen-bond acceptors (Lipinski definition) is 6. The summed E-state index contributed by atoms with van der Waals surface area (Å²) < 4.78 is 0. The molecule has 4 atom stereocenters. The molecule has 0 aliphatic carbocycles. The quantitative estimate of drug-likeness (QED) is 0.413. The summed E-state index contributed by atoms with van der Waals surface area (Å²) in [5.74, 6) is -2.93. The Morgan fingerprint density at radius 1 is 1.15 bits per heavy atom. The maximum Gasteiger partial charge on any atom is 0.274 e. The topological polar surface area (TPSA) is 113 Å². The van der Waals surface area contributed by atoms with Gasteiger partial charge in [-0.2, -0.15) is 0 Å². The van der Waals surface area contributed by atoms with E-state index in [-0.39, 0.29) is 28.9 Å². The molecule has 1 spiro atoms. The summed E-state index contributed by atoms with van der Waals surface area (Å²) in [5.41, 5.74) is 0.0122. The Bertz CT molecular complexity index is 1300. The minimum atomic E-state index is -1.33. The Balaban J connectivity index is 1.56. The molecule has 4 aliphatic rings. The molecule has 0 saturated carbocycles. The second kappa shape index (κ2) is 6.61. The molecule has 2 aromatic rings. The number of para-hydroxylation sites is 1. The van der Waals surface area contributed by atoms with E-state index < -0.39 is 34.1 Å². The van der Waals surface area contributed by atoms with Crippen LogP contribution >= 0.6 is 11.6 Å². The number of nitrogens with one attached hydrogen (secondary N) is 1. The molecule has 3 amide bonds. The highest BCUT2D eigenvalue weighted by molar-refractivity contribution is 6.35. The zero-order valence-electron chi connectivity index (χ0n) is 17.6. The average molecular weight is 467 g/mol. The molecule has 2 aromatic carbocycles. The molecule has 6 rings (SSSR count). The monoisotopic (exact) mass is 466 g/mol. The van der Waals surface area contributed by atoms with Gasteiger partial charge in [-0.25, -0.2) is 4.90 Å². The molecule has 9 nitrogen and oxygen atoms in total. The minimum absolute atomic E-state index is 0.168. The van der Waals surface area contributed by atoms with Crippen LogP contribution in [0.2, 0.25) is 5.02 Å². The molecule has 1 N–H and O–H groups in total. The van der Waals surface area contributed by atoms with Gasteiger partial charge in [0.1, 0.15) is 5.54 Å². The van der Waals surface area contributed by atoms with Crippen LogP contribution < -0.4 is 10.2 Å². The van der Waals surface area contributed by atoms with Gasteiger partial charge in [0.15, 0.2) is 0 Å². The fourth-order valence-corrected chi connectivity index (χ4v) is 6.71. The van der Waals surface area contributed by atoms with Crippen molar-refractivity contribution in [3.05, 3.63) is 62.7 Å². The molecule has 10 heteroatoms. The molecule has 3 saturated heterocycles. The van der Waals surface area contributed by atoms with Crippen LogP contribution in [0, 0.1) is 28.9 Å². The Hall–Kier alpha value is -3.30. The second-order valence-electron chi connectivity index (χ2n) is 8.98. The number of nitrogens with zero attached hydrogens (tertiary/aromatic N) is 3. The van der Waals surface area contributed by atoms with Crippen LogP contribution in [-0.2, 0) is 19.9 Å². The first kappa shape index (κ1) is 20.3. The fraction of sp³-hybridized carbons (Fsp3) is 0.348. The third kappa shape index (κ3) is 2.28. The fourth-order valence-electron chi connectivity index (χ4n) is 6.48. The highest BCUT2D eigenvalue weighted by atomic mass is 35.5. The van der Waals surface area contributed by atoms with Crippen LogP contribution in [0.5, 0.6) is 0 Å². The first-order valence-electron chi connectivity index (χ1n) is 10.8. The van der Waals surface area contributed by atoms with Crippen LogP contribution in [0.15, 0.2) is 36.4 Å². The van der Waals surface area contributed by atoms with E-state index in [0.717, 1.165) is 11.3 Å². The highest BCUT2D eigenvalue weighted by Crippen LogP contribution is 2.61. The molecule has 33 heavy (non-hydrogen) atoms. The highest BCUT2D eigenvalue weighted by Gasteiger charge is 2.74. The largest absolute Gasteiger partial charge is 0.323 e. The number of benzene rings is 2. The van der Waals surface area contributed by atoms with Gasteiger partial charge >= 0.3 is 0 Å². The number of rotatable bonds is 2. The Kier molecular flexibility index (Phi) is 4.07. The number of amides is 3. The van der Waals surface area contributed by atoms with Crippen LogP contribution in [0.25, 0.3) is 0 Å². The van der Waals surface area contributed by atoms with E-state index in [1.54, 1.807) is 18.2 Å². The van der Waals surface area contributed by atoms with Crippen LogP contribution in [0.4, 0.5) is 17.1 Å². The van der Waals surface area contributed by atoms with E-state index in [4.69, 9.17) is 11.6 Å². The summed E-state index contributed by atoms with van der Waals surface area (Å²) in [4.78, 5) is 55.3. The SMILES string of the molecule is Cc1c(N2C(=O)C3C4CCCN4C4(C(=O)Nc5c(Cl)cccc54)C3C2=O)cccc1[N+](=O)[O-]. The zero-order valence-corrected chi connectivity index (χ0v) is 18.3. The van der Waals surface area contributed by atoms with Crippen molar-refractivity contribution in [1.29, 1.82) is 0 Å². The van der Waals surface area contributed by atoms with Gasteiger partial charge < -0.3 is 5.32 Å². The van der Waals surface area contributed by atoms with E-state index in [0.29, 0.717) is 29.2 Å². The van der Waals surface area contributed by atoms with E-state index in [1.165, 1.54) is 25.1 Å². The van der Waals surface area contributed by atoms with Gasteiger partial charge in [-0.3, -0.25) is 29.4 Å². The van der Waals surface area contributed by atoms with Gasteiger partial charge in [-0.15, -0.1) is 0 Å². The molecule has 0 aromatic heterocycles. The van der Waals surface area contributed by atoms with Crippen molar-refractivity contribution >= 4 is 46.4 Å². The van der Waals surface area contributed by atoms with Crippen molar-refractivity contribution in [1.82, 2.24) is 4.90 Å².